The number of aromatic nitrogens is 1. The Hall–Kier alpha value is -1.66. The van der Waals surface area contributed by atoms with Gasteiger partial charge in [0, 0.05) is 46.2 Å². The molecule has 0 aromatic carbocycles. The summed E-state index contributed by atoms with van der Waals surface area (Å²) in [7, 11) is 3.28. The van der Waals surface area contributed by atoms with Crippen molar-refractivity contribution in [1.82, 2.24) is 9.88 Å². The Morgan fingerprint density at radius 3 is 2.62 bits per heavy atom. The zero-order valence-electron chi connectivity index (χ0n) is 12.8. The van der Waals surface area contributed by atoms with E-state index in [1.807, 2.05) is 6.07 Å². The monoisotopic (exact) mass is 293 g/mol. The molecule has 0 spiro atoms. The predicted octanol–water partition coefficient (Wildman–Crippen LogP) is 1.39. The molecule has 1 saturated heterocycles. The van der Waals surface area contributed by atoms with E-state index in [1.54, 1.807) is 31.5 Å². The summed E-state index contributed by atoms with van der Waals surface area (Å²) >= 11 is 0. The second-order valence-corrected chi connectivity index (χ2v) is 5.11. The van der Waals surface area contributed by atoms with Gasteiger partial charge in [-0.05, 0) is 12.5 Å². The first kappa shape index (κ1) is 15.7. The minimum atomic E-state index is -0.0809. The molecule has 0 aliphatic carbocycles. The highest BCUT2D eigenvalue weighted by Crippen LogP contribution is 2.21. The highest BCUT2D eigenvalue weighted by molar-refractivity contribution is 5.99. The van der Waals surface area contributed by atoms with E-state index in [2.05, 4.69) is 17.2 Å². The van der Waals surface area contributed by atoms with Gasteiger partial charge < -0.3 is 19.7 Å². The molecular weight excluding hydrogens is 270 g/mol. The standard InChI is InChI=1S/C15H23N3O3/c1-4-6-17-12-5-7-16-8-11(12)15(19)18-9-13(20-2)14(10-18)21-3/h5,7-8,13-14H,4,6,9-10H2,1-3H3,(H,16,17). The Kier molecular flexibility index (Phi) is 5.52. The van der Waals surface area contributed by atoms with Gasteiger partial charge in [0.25, 0.3) is 5.91 Å². The molecule has 1 aliphatic rings. The van der Waals surface area contributed by atoms with E-state index in [9.17, 15) is 4.79 Å². The lowest BCUT2D eigenvalue weighted by atomic mass is 10.2. The van der Waals surface area contributed by atoms with Gasteiger partial charge >= 0.3 is 0 Å². The Labute approximate surface area is 125 Å². The first-order valence-electron chi connectivity index (χ1n) is 7.24. The molecule has 0 bridgehead atoms. The molecule has 2 unspecified atom stereocenters. The highest BCUT2D eigenvalue weighted by Gasteiger charge is 2.36. The number of carbonyl (C=O) groups excluding carboxylic acids is 1. The lowest BCUT2D eigenvalue weighted by Gasteiger charge is -2.18. The van der Waals surface area contributed by atoms with Gasteiger partial charge in [-0.15, -0.1) is 0 Å². The van der Waals surface area contributed by atoms with Gasteiger partial charge in [0.2, 0.25) is 0 Å². The van der Waals surface area contributed by atoms with Crippen LogP contribution in [-0.4, -0.2) is 61.9 Å². The number of nitrogens with zero attached hydrogens (tertiary/aromatic N) is 2. The number of likely N-dealkylation sites (tertiary alicyclic amines) is 1. The Morgan fingerprint density at radius 2 is 2.05 bits per heavy atom. The molecule has 1 aliphatic heterocycles. The van der Waals surface area contributed by atoms with Crippen molar-refractivity contribution in [3.8, 4) is 0 Å². The first-order valence-corrected chi connectivity index (χ1v) is 7.24. The Morgan fingerprint density at radius 1 is 1.38 bits per heavy atom. The van der Waals surface area contributed by atoms with E-state index in [-0.39, 0.29) is 18.1 Å². The predicted molar refractivity (Wildman–Crippen MR) is 80.5 cm³/mol. The van der Waals surface area contributed by atoms with Crippen LogP contribution in [0.25, 0.3) is 0 Å². The molecule has 0 saturated carbocycles. The summed E-state index contributed by atoms with van der Waals surface area (Å²) in [6.07, 6.45) is 4.14. The first-order chi connectivity index (χ1) is 10.2. The molecule has 1 aromatic heterocycles. The number of hydrogen-bond acceptors (Lipinski definition) is 5. The molecule has 6 heteroatoms. The molecular formula is C15H23N3O3. The van der Waals surface area contributed by atoms with Crippen molar-refractivity contribution >= 4 is 11.6 Å². The average Bonchev–Trinajstić information content (AvgIpc) is 2.95. The number of anilines is 1. The molecule has 6 nitrogen and oxygen atoms in total. The summed E-state index contributed by atoms with van der Waals surface area (Å²) in [5, 5.41) is 3.27. The van der Waals surface area contributed by atoms with Gasteiger partial charge in [0.1, 0.15) is 12.2 Å². The number of rotatable bonds is 6. The summed E-state index contributed by atoms with van der Waals surface area (Å²) in [4.78, 5) is 18.5. The van der Waals surface area contributed by atoms with Crippen molar-refractivity contribution in [2.45, 2.75) is 25.6 Å². The van der Waals surface area contributed by atoms with Gasteiger partial charge in [0.15, 0.2) is 0 Å². The number of ether oxygens (including phenoxy) is 2. The fraction of sp³-hybridized carbons (Fsp3) is 0.600. The molecule has 116 valence electrons. The largest absolute Gasteiger partial charge is 0.384 e. The maximum absolute atomic E-state index is 12.7. The third kappa shape index (κ3) is 3.51. The normalized spacial score (nSPS) is 21.6. The minimum absolute atomic E-state index is 0.0386. The van der Waals surface area contributed by atoms with Crippen LogP contribution >= 0.6 is 0 Å². The van der Waals surface area contributed by atoms with Crippen LogP contribution in [-0.2, 0) is 9.47 Å². The second-order valence-electron chi connectivity index (χ2n) is 5.11. The van der Waals surface area contributed by atoms with E-state index >= 15 is 0 Å². The summed E-state index contributed by atoms with van der Waals surface area (Å²) in [6, 6.07) is 1.83. The van der Waals surface area contributed by atoms with Gasteiger partial charge in [-0.25, -0.2) is 0 Å². The van der Waals surface area contributed by atoms with Crippen molar-refractivity contribution in [2.75, 3.05) is 39.2 Å². The molecule has 1 amide bonds. The molecule has 21 heavy (non-hydrogen) atoms. The fourth-order valence-electron chi connectivity index (χ4n) is 2.51. The van der Waals surface area contributed by atoms with Crippen molar-refractivity contribution in [2.24, 2.45) is 0 Å². The number of methoxy groups -OCH3 is 2. The zero-order chi connectivity index (χ0) is 15.2. The molecule has 2 rings (SSSR count). The molecule has 1 aromatic rings. The fourth-order valence-corrected chi connectivity index (χ4v) is 2.51. The van der Waals surface area contributed by atoms with Crippen molar-refractivity contribution in [3.63, 3.8) is 0 Å². The van der Waals surface area contributed by atoms with Gasteiger partial charge in [-0.2, -0.15) is 0 Å². The van der Waals surface area contributed by atoms with Crippen molar-refractivity contribution < 1.29 is 14.3 Å². The van der Waals surface area contributed by atoms with Crippen LogP contribution in [0.3, 0.4) is 0 Å². The Balaban J connectivity index is 2.13. The number of amides is 1. The quantitative estimate of drug-likeness (QED) is 0.858. The third-order valence-electron chi connectivity index (χ3n) is 3.72. The summed E-state index contributed by atoms with van der Waals surface area (Å²) in [6.45, 7) is 3.99. The average molecular weight is 293 g/mol. The van der Waals surface area contributed by atoms with E-state index in [0.717, 1.165) is 18.7 Å². The maximum atomic E-state index is 12.7. The van der Waals surface area contributed by atoms with Crippen LogP contribution in [0.15, 0.2) is 18.5 Å². The van der Waals surface area contributed by atoms with Crippen LogP contribution in [0, 0.1) is 0 Å². The van der Waals surface area contributed by atoms with Crippen molar-refractivity contribution in [1.29, 1.82) is 0 Å². The van der Waals surface area contributed by atoms with Gasteiger partial charge in [0.05, 0.1) is 11.3 Å². The summed E-state index contributed by atoms with van der Waals surface area (Å²) in [5.41, 5.74) is 1.42. The SMILES string of the molecule is CCCNc1ccncc1C(=O)N1CC(OC)C(OC)C1. The molecule has 1 fully saturated rings. The number of nitrogens with one attached hydrogen (secondary N) is 1. The molecule has 0 radical (unpaired) electrons. The van der Waals surface area contributed by atoms with Crippen LogP contribution in [0.2, 0.25) is 0 Å². The lowest BCUT2D eigenvalue weighted by Crippen LogP contribution is -2.30. The summed E-state index contributed by atoms with van der Waals surface area (Å²) < 4.78 is 10.8. The maximum Gasteiger partial charge on any atom is 0.257 e. The van der Waals surface area contributed by atoms with Crippen LogP contribution < -0.4 is 5.32 Å². The van der Waals surface area contributed by atoms with Gasteiger partial charge in [-0.1, -0.05) is 6.92 Å². The van der Waals surface area contributed by atoms with Crippen molar-refractivity contribution in [3.05, 3.63) is 24.0 Å². The van der Waals surface area contributed by atoms with Gasteiger partial charge in [-0.3, -0.25) is 9.78 Å². The Bertz CT molecular complexity index is 469. The highest BCUT2D eigenvalue weighted by atomic mass is 16.5. The van der Waals surface area contributed by atoms with E-state index in [4.69, 9.17) is 9.47 Å². The third-order valence-corrected chi connectivity index (χ3v) is 3.72. The van der Waals surface area contributed by atoms with Crippen LogP contribution in [0.5, 0.6) is 0 Å². The number of hydrogen-bond donors (Lipinski definition) is 1. The molecule has 2 heterocycles. The summed E-state index contributed by atoms with van der Waals surface area (Å²) in [5.74, 6) is -0.0386. The van der Waals surface area contributed by atoms with Crippen LogP contribution in [0.4, 0.5) is 5.69 Å². The van der Waals surface area contributed by atoms with Crippen LogP contribution in [0.1, 0.15) is 23.7 Å². The lowest BCUT2D eigenvalue weighted by molar-refractivity contribution is -0.00461. The second kappa shape index (κ2) is 7.38. The minimum Gasteiger partial charge on any atom is -0.384 e. The topological polar surface area (TPSA) is 63.7 Å². The molecule has 1 N–H and O–H groups in total. The number of pyridine rings is 1. The van der Waals surface area contributed by atoms with E-state index < -0.39 is 0 Å². The van der Waals surface area contributed by atoms with E-state index in [0.29, 0.717) is 18.7 Å². The molecule has 2 atom stereocenters. The van der Waals surface area contributed by atoms with E-state index in [1.165, 1.54) is 0 Å². The smallest absolute Gasteiger partial charge is 0.257 e. The zero-order valence-corrected chi connectivity index (χ0v) is 12.8. The number of carbonyl (C=O) groups is 1.